The maximum absolute atomic E-state index is 11.9. The summed E-state index contributed by atoms with van der Waals surface area (Å²) in [5.41, 5.74) is 1.37. The molecule has 0 aliphatic carbocycles. The van der Waals surface area contributed by atoms with E-state index < -0.39 is 0 Å². The number of hydrogen-bond donors (Lipinski definition) is 1. The number of para-hydroxylation sites is 1. The number of aromatic nitrogens is 3. The first kappa shape index (κ1) is 10.5. The summed E-state index contributed by atoms with van der Waals surface area (Å²) in [7, 11) is 0. The Kier molecular flexibility index (Phi) is 2.49. The van der Waals surface area contributed by atoms with Crippen molar-refractivity contribution in [3.05, 3.63) is 60.6 Å². The predicted octanol–water partition coefficient (Wildman–Crippen LogP) is 1.98. The predicted molar refractivity (Wildman–Crippen MR) is 67.4 cm³/mol. The van der Waals surface area contributed by atoms with Crippen molar-refractivity contribution in [3.8, 4) is 0 Å². The summed E-state index contributed by atoms with van der Waals surface area (Å²) in [6.45, 7) is 0. The average molecular weight is 238 g/mol. The molecule has 0 aliphatic rings. The Hall–Kier alpha value is -2.69. The number of nitrogens with zero attached hydrogens (tertiary/aromatic N) is 3. The van der Waals surface area contributed by atoms with E-state index in [-0.39, 0.29) is 11.7 Å². The first-order chi connectivity index (χ1) is 8.83. The van der Waals surface area contributed by atoms with Crippen LogP contribution in [0.2, 0.25) is 0 Å². The Morgan fingerprint density at radius 3 is 2.61 bits per heavy atom. The van der Waals surface area contributed by atoms with Crippen molar-refractivity contribution >= 4 is 17.2 Å². The van der Waals surface area contributed by atoms with Gasteiger partial charge in [-0.05, 0) is 24.3 Å². The van der Waals surface area contributed by atoms with Crippen LogP contribution in [0.3, 0.4) is 0 Å². The van der Waals surface area contributed by atoms with Crippen molar-refractivity contribution in [1.29, 1.82) is 0 Å². The second-order valence-corrected chi connectivity index (χ2v) is 3.76. The molecule has 0 aliphatic heterocycles. The molecular weight excluding hydrogens is 228 g/mol. The summed E-state index contributed by atoms with van der Waals surface area (Å²) < 4.78 is 1.57. The third kappa shape index (κ3) is 1.93. The zero-order valence-corrected chi connectivity index (χ0v) is 9.45. The summed E-state index contributed by atoms with van der Waals surface area (Å²) in [6.07, 6.45) is 1.75. The van der Waals surface area contributed by atoms with Crippen LogP contribution >= 0.6 is 0 Å². The number of pyridine rings is 1. The van der Waals surface area contributed by atoms with Crippen LogP contribution in [-0.2, 0) is 0 Å². The van der Waals surface area contributed by atoms with Crippen molar-refractivity contribution < 1.29 is 4.79 Å². The maximum atomic E-state index is 11.9. The average Bonchev–Trinajstić information content (AvgIpc) is 2.84. The molecule has 0 atom stereocenters. The van der Waals surface area contributed by atoms with E-state index in [4.69, 9.17) is 0 Å². The van der Waals surface area contributed by atoms with Crippen LogP contribution in [0.5, 0.6) is 0 Å². The minimum absolute atomic E-state index is 0.157. The molecule has 0 bridgehead atoms. The molecule has 88 valence electrons. The molecule has 2 aromatic heterocycles. The molecule has 2 heterocycles. The lowest BCUT2D eigenvalue weighted by Gasteiger charge is -2.00. The highest BCUT2D eigenvalue weighted by molar-refractivity contribution is 6.01. The van der Waals surface area contributed by atoms with Gasteiger partial charge < -0.3 is 5.32 Å². The molecule has 1 N–H and O–H groups in total. The minimum atomic E-state index is -0.315. The molecule has 0 unspecified atom stereocenters. The monoisotopic (exact) mass is 238 g/mol. The van der Waals surface area contributed by atoms with Gasteiger partial charge in [-0.2, -0.15) is 0 Å². The largest absolute Gasteiger partial charge is 0.319 e. The van der Waals surface area contributed by atoms with Gasteiger partial charge in [0.05, 0.1) is 0 Å². The Labute approximate surface area is 103 Å². The van der Waals surface area contributed by atoms with Crippen molar-refractivity contribution in [2.75, 3.05) is 5.32 Å². The number of benzene rings is 1. The summed E-state index contributed by atoms with van der Waals surface area (Å²) in [6, 6.07) is 14.7. The zero-order valence-electron chi connectivity index (χ0n) is 9.45. The highest BCUT2D eigenvalue weighted by atomic mass is 16.2. The van der Waals surface area contributed by atoms with Crippen LogP contribution in [-0.4, -0.2) is 20.5 Å². The van der Waals surface area contributed by atoms with Crippen molar-refractivity contribution in [2.24, 2.45) is 0 Å². The molecule has 18 heavy (non-hydrogen) atoms. The van der Waals surface area contributed by atoms with Gasteiger partial charge in [-0.25, -0.2) is 9.50 Å². The molecule has 0 fully saturated rings. The van der Waals surface area contributed by atoms with E-state index in [2.05, 4.69) is 15.4 Å². The first-order valence-corrected chi connectivity index (χ1v) is 5.51. The van der Waals surface area contributed by atoms with E-state index in [9.17, 15) is 4.79 Å². The molecule has 0 saturated carbocycles. The van der Waals surface area contributed by atoms with Gasteiger partial charge in [0.25, 0.3) is 5.91 Å². The fraction of sp³-hybridized carbons (Fsp3) is 0. The Morgan fingerprint density at radius 2 is 1.83 bits per heavy atom. The maximum Gasteiger partial charge on any atom is 0.295 e. The van der Waals surface area contributed by atoms with Gasteiger partial charge in [0.2, 0.25) is 5.82 Å². The number of carbonyl (C=O) groups excluding carboxylic acids is 1. The van der Waals surface area contributed by atoms with Crippen molar-refractivity contribution in [2.45, 2.75) is 0 Å². The van der Waals surface area contributed by atoms with Gasteiger partial charge in [0.15, 0.2) is 5.65 Å². The molecule has 5 nitrogen and oxygen atoms in total. The van der Waals surface area contributed by atoms with Gasteiger partial charge in [-0.1, -0.05) is 24.3 Å². The highest BCUT2D eigenvalue weighted by Gasteiger charge is 2.12. The summed E-state index contributed by atoms with van der Waals surface area (Å²) in [5.74, 6) is -0.157. The fourth-order valence-corrected chi connectivity index (χ4v) is 1.64. The first-order valence-electron chi connectivity index (χ1n) is 5.51. The lowest BCUT2D eigenvalue weighted by molar-refractivity contribution is 0.101. The molecule has 0 spiro atoms. The van der Waals surface area contributed by atoms with Crippen LogP contribution in [0.1, 0.15) is 10.6 Å². The van der Waals surface area contributed by atoms with E-state index in [0.717, 1.165) is 5.69 Å². The van der Waals surface area contributed by atoms with Gasteiger partial charge in [-0.3, -0.25) is 4.79 Å². The normalized spacial score (nSPS) is 10.4. The molecule has 3 rings (SSSR count). The van der Waals surface area contributed by atoms with Crippen molar-refractivity contribution in [3.63, 3.8) is 0 Å². The third-order valence-corrected chi connectivity index (χ3v) is 2.48. The standard InChI is InChI=1S/C13H10N4O/c18-13(14-10-6-2-1-3-7-10)12-15-11-8-4-5-9-17(11)16-12/h1-9H,(H,14,18). The Bertz CT molecular complexity index is 657. The van der Waals surface area contributed by atoms with Crippen LogP contribution in [0, 0.1) is 0 Å². The Morgan fingerprint density at radius 1 is 1.06 bits per heavy atom. The highest BCUT2D eigenvalue weighted by Crippen LogP contribution is 2.07. The number of rotatable bonds is 2. The number of carbonyl (C=O) groups is 1. The van der Waals surface area contributed by atoms with Crippen LogP contribution in [0.4, 0.5) is 5.69 Å². The van der Waals surface area contributed by atoms with E-state index >= 15 is 0 Å². The summed E-state index contributed by atoms with van der Waals surface area (Å²) in [5, 5.41) is 6.84. The van der Waals surface area contributed by atoms with Gasteiger partial charge in [0, 0.05) is 11.9 Å². The zero-order chi connectivity index (χ0) is 12.4. The van der Waals surface area contributed by atoms with E-state index in [1.54, 1.807) is 16.8 Å². The van der Waals surface area contributed by atoms with Crippen molar-refractivity contribution in [1.82, 2.24) is 14.6 Å². The molecule has 0 radical (unpaired) electrons. The van der Waals surface area contributed by atoms with E-state index in [0.29, 0.717) is 5.65 Å². The third-order valence-electron chi connectivity index (χ3n) is 2.48. The summed E-state index contributed by atoms with van der Waals surface area (Å²) >= 11 is 0. The number of hydrogen-bond acceptors (Lipinski definition) is 3. The molecule has 5 heteroatoms. The molecule has 1 aromatic carbocycles. The van der Waals surface area contributed by atoms with Crippen LogP contribution in [0.15, 0.2) is 54.7 Å². The summed E-state index contributed by atoms with van der Waals surface area (Å²) in [4.78, 5) is 16.1. The van der Waals surface area contributed by atoms with E-state index in [1.807, 2.05) is 42.5 Å². The molecule has 0 saturated heterocycles. The van der Waals surface area contributed by atoms with Crippen LogP contribution in [0.25, 0.3) is 5.65 Å². The number of fused-ring (bicyclic) bond motifs is 1. The molecular formula is C13H10N4O. The fourth-order valence-electron chi connectivity index (χ4n) is 1.64. The quantitative estimate of drug-likeness (QED) is 0.742. The number of anilines is 1. The second-order valence-electron chi connectivity index (χ2n) is 3.76. The molecule has 1 amide bonds. The smallest absolute Gasteiger partial charge is 0.295 e. The van der Waals surface area contributed by atoms with Crippen LogP contribution < -0.4 is 5.32 Å². The lowest BCUT2D eigenvalue weighted by atomic mass is 10.3. The number of nitrogens with one attached hydrogen (secondary N) is 1. The lowest BCUT2D eigenvalue weighted by Crippen LogP contribution is -2.13. The van der Waals surface area contributed by atoms with Gasteiger partial charge in [0.1, 0.15) is 0 Å². The van der Waals surface area contributed by atoms with Gasteiger partial charge in [-0.15, -0.1) is 5.10 Å². The van der Waals surface area contributed by atoms with Gasteiger partial charge >= 0.3 is 0 Å². The second kappa shape index (κ2) is 4.29. The SMILES string of the molecule is O=C(Nc1ccccc1)c1nc2ccccn2n1. The number of amides is 1. The molecule has 3 aromatic rings. The minimum Gasteiger partial charge on any atom is -0.319 e. The van der Waals surface area contributed by atoms with E-state index in [1.165, 1.54) is 0 Å². The Balaban J connectivity index is 1.88. The topological polar surface area (TPSA) is 59.3 Å².